The Balaban J connectivity index is 1.66. The molecule has 4 atom stereocenters. The van der Waals surface area contributed by atoms with Crippen molar-refractivity contribution in [1.29, 1.82) is 0 Å². The number of aryl methyl sites for hydroxylation is 1. The second-order valence-electron chi connectivity index (χ2n) is 7.88. The van der Waals surface area contributed by atoms with Gasteiger partial charge in [0.25, 0.3) is 0 Å². The Morgan fingerprint density at radius 2 is 2.13 bits per heavy atom. The first-order valence-corrected chi connectivity index (χ1v) is 9.27. The Kier molecular flexibility index (Phi) is 3.76. The van der Waals surface area contributed by atoms with Crippen LogP contribution in [0.3, 0.4) is 0 Å². The van der Waals surface area contributed by atoms with Crippen LogP contribution in [0.25, 0.3) is 5.57 Å². The van der Waals surface area contributed by atoms with Crippen LogP contribution in [0.2, 0.25) is 0 Å². The molecule has 0 spiro atoms. The molecule has 2 heteroatoms. The fourth-order valence-electron chi connectivity index (χ4n) is 5.24. The number of ether oxygens (including phenoxy) is 1. The molecule has 0 bridgehead atoms. The Labute approximate surface area is 139 Å². The van der Waals surface area contributed by atoms with Crippen molar-refractivity contribution in [2.24, 2.45) is 17.3 Å². The van der Waals surface area contributed by atoms with Crippen LogP contribution in [0.5, 0.6) is 5.75 Å². The molecule has 1 aromatic carbocycles. The van der Waals surface area contributed by atoms with Gasteiger partial charge in [-0.1, -0.05) is 26.0 Å². The summed E-state index contributed by atoms with van der Waals surface area (Å²) < 4.78 is 5.80. The minimum atomic E-state index is -0.114. The summed E-state index contributed by atoms with van der Waals surface area (Å²) in [5, 5.41) is 10.4. The highest BCUT2D eigenvalue weighted by molar-refractivity contribution is 5.73. The van der Waals surface area contributed by atoms with Gasteiger partial charge in [0.05, 0.1) is 12.7 Å². The number of benzene rings is 1. The van der Waals surface area contributed by atoms with Gasteiger partial charge in [-0.25, -0.2) is 0 Å². The van der Waals surface area contributed by atoms with E-state index in [0.717, 1.165) is 38.0 Å². The third-order valence-electron chi connectivity index (χ3n) is 6.59. The molecular formula is C21H28O2. The third kappa shape index (κ3) is 2.34. The van der Waals surface area contributed by atoms with E-state index >= 15 is 0 Å². The summed E-state index contributed by atoms with van der Waals surface area (Å²) in [6.45, 7) is 5.24. The second kappa shape index (κ2) is 5.66. The summed E-state index contributed by atoms with van der Waals surface area (Å²) in [7, 11) is 0. The van der Waals surface area contributed by atoms with E-state index in [9.17, 15) is 5.11 Å². The second-order valence-corrected chi connectivity index (χ2v) is 7.88. The highest BCUT2D eigenvalue weighted by Crippen LogP contribution is 2.58. The first-order valence-electron chi connectivity index (χ1n) is 9.27. The van der Waals surface area contributed by atoms with E-state index in [1.165, 1.54) is 24.0 Å². The van der Waals surface area contributed by atoms with E-state index in [1.54, 1.807) is 5.57 Å². The van der Waals surface area contributed by atoms with Crippen molar-refractivity contribution in [2.45, 2.75) is 58.5 Å². The maximum atomic E-state index is 10.4. The molecule has 0 heterocycles. The lowest BCUT2D eigenvalue weighted by Gasteiger charge is -2.45. The first kappa shape index (κ1) is 15.3. The van der Waals surface area contributed by atoms with Gasteiger partial charge in [0.1, 0.15) is 5.75 Å². The Hall–Kier alpha value is -1.28. The predicted molar refractivity (Wildman–Crippen MR) is 93.5 cm³/mol. The van der Waals surface area contributed by atoms with Crippen molar-refractivity contribution in [3.8, 4) is 5.75 Å². The third-order valence-corrected chi connectivity index (χ3v) is 6.59. The van der Waals surface area contributed by atoms with Crippen molar-refractivity contribution in [1.82, 2.24) is 0 Å². The number of aliphatic hydroxyl groups excluding tert-OH is 1. The molecule has 3 aliphatic carbocycles. The molecule has 23 heavy (non-hydrogen) atoms. The van der Waals surface area contributed by atoms with Gasteiger partial charge in [0, 0.05) is 5.41 Å². The zero-order valence-electron chi connectivity index (χ0n) is 14.3. The van der Waals surface area contributed by atoms with Gasteiger partial charge in [0.2, 0.25) is 0 Å². The standard InChI is InChI=1S/C21H28O2/c1-3-12-23-15-5-7-16-14(13-15)4-6-18-17(16)10-11-21(2)19(18)8-9-20(21)22/h5,7,10,13,18-20,22H,3-4,6,8-9,11-12H2,1-2H3/t18-,19+,20+,21+/m1/s1. The molecule has 3 aliphatic rings. The van der Waals surface area contributed by atoms with Crippen LogP contribution in [0.4, 0.5) is 0 Å². The Morgan fingerprint density at radius 3 is 2.96 bits per heavy atom. The topological polar surface area (TPSA) is 29.5 Å². The van der Waals surface area contributed by atoms with Gasteiger partial charge in [-0.15, -0.1) is 0 Å². The summed E-state index contributed by atoms with van der Waals surface area (Å²) >= 11 is 0. The summed E-state index contributed by atoms with van der Waals surface area (Å²) in [5.41, 5.74) is 4.54. The first-order chi connectivity index (χ1) is 11.1. The largest absolute Gasteiger partial charge is 0.494 e. The maximum Gasteiger partial charge on any atom is 0.119 e. The summed E-state index contributed by atoms with van der Waals surface area (Å²) in [5.74, 6) is 2.31. The van der Waals surface area contributed by atoms with E-state index in [-0.39, 0.29) is 11.5 Å². The van der Waals surface area contributed by atoms with Gasteiger partial charge in [-0.05, 0) is 79.2 Å². The van der Waals surface area contributed by atoms with Gasteiger partial charge in [-0.3, -0.25) is 0 Å². The molecule has 1 fully saturated rings. The molecule has 1 aromatic rings. The van der Waals surface area contributed by atoms with E-state index in [0.29, 0.717) is 11.8 Å². The maximum absolute atomic E-state index is 10.4. The number of rotatable bonds is 3. The van der Waals surface area contributed by atoms with Gasteiger partial charge >= 0.3 is 0 Å². The molecule has 0 aromatic heterocycles. The fourth-order valence-corrected chi connectivity index (χ4v) is 5.24. The highest BCUT2D eigenvalue weighted by atomic mass is 16.5. The monoisotopic (exact) mass is 312 g/mol. The van der Waals surface area contributed by atoms with E-state index < -0.39 is 0 Å². The normalized spacial score (nSPS) is 35.1. The Morgan fingerprint density at radius 1 is 1.26 bits per heavy atom. The SMILES string of the molecule is CCCOc1ccc2c(c1)CC[C@@H]1C2=CC[C@]2(C)[C@@H](O)CC[C@@H]12. The van der Waals surface area contributed by atoms with Crippen molar-refractivity contribution >= 4 is 5.57 Å². The van der Waals surface area contributed by atoms with Gasteiger partial charge in [-0.2, -0.15) is 0 Å². The zero-order valence-corrected chi connectivity index (χ0v) is 14.3. The van der Waals surface area contributed by atoms with Gasteiger partial charge in [0.15, 0.2) is 0 Å². The number of hydrogen-bond donors (Lipinski definition) is 1. The molecule has 4 rings (SSSR count). The molecule has 0 radical (unpaired) electrons. The number of aliphatic hydroxyl groups is 1. The molecule has 0 aliphatic heterocycles. The molecule has 0 saturated heterocycles. The van der Waals surface area contributed by atoms with Gasteiger partial charge < -0.3 is 9.84 Å². The van der Waals surface area contributed by atoms with Crippen molar-refractivity contribution in [2.75, 3.05) is 6.61 Å². The lowest BCUT2D eigenvalue weighted by Crippen LogP contribution is -2.40. The van der Waals surface area contributed by atoms with Crippen LogP contribution in [0, 0.1) is 17.3 Å². The van der Waals surface area contributed by atoms with E-state index in [2.05, 4.69) is 38.1 Å². The molecule has 2 nitrogen and oxygen atoms in total. The van der Waals surface area contributed by atoms with Crippen molar-refractivity contribution in [3.05, 3.63) is 35.4 Å². The van der Waals surface area contributed by atoms with Crippen molar-refractivity contribution < 1.29 is 9.84 Å². The lowest BCUT2D eigenvalue weighted by molar-refractivity contribution is 0.0251. The van der Waals surface area contributed by atoms with Crippen LogP contribution in [0.1, 0.15) is 57.1 Å². The fraction of sp³-hybridized carbons (Fsp3) is 0.619. The van der Waals surface area contributed by atoms with Crippen LogP contribution >= 0.6 is 0 Å². The Bertz CT molecular complexity index is 633. The minimum Gasteiger partial charge on any atom is -0.494 e. The molecule has 124 valence electrons. The zero-order chi connectivity index (χ0) is 16.0. The summed E-state index contributed by atoms with van der Waals surface area (Å²) in [6, 6.07) is 6.65. The van der Waals surface area contributed by atoms with E-state index in [1.807, 2.05) is 0 Å². The number of hydrogen-bond acceptors (Lipinski definition) is 2. The average Bonchev–Trinajstić information content (AvgIpc) is 2.88. The van der Waals surface area contributed by atoms with Crippen LogP contribution in [-0.4, -0.2) is 17.8 Å². The van der Waals surface area contributed by atoms with E-state index in [4.69, 9.17) is 4.74 Å². The molecule has 0 amide bonds. The van der Waals surface area contributed by atoms with Crippen molar-refractivity contribution in [3.63, 3.8) is 0 Å². The molecular weight excluding hydrogens is 284 g/mol. The summed E-state index contributed by atoms with van der Waals surface area (Å²) in [4.78, 5) is 0. The molecule has 1 N–H and O–H groups in total. The van der Waals surface area contributed by atoms with Crippen LogP contribution < -0.4 is 4.74 Å². The highest BCUT2D eigenvalue weighted by Gasteiger charge is 2.51. The number of allylic oxidation sites excluding steroid dienone is 2. The average molecular weight is 312 g/mol. The van der Waals surface area contributed by atoms with Crippen LogP contribution in [0.15, 0.2) is 24.3 Å². The predicted octanol–water partition coefficient (Wildman–Crippen LogP) is 4.60. The number of fused-ring (bicyclic) bond motifs is 5. The van der Waals surface area contributed by atoms with Crippen LogP contribution in [-0.2, 0) is 6.42 Å². The smallest absolute Gasteiger partial charge is 0.119 e. The minimum absolute atomic E-state index is 0.107. The lowest BCUT2D eigenvalue weighted by atomic mass is 9.60. The quantitative estimate of drug-likeness (QED) is 0.883. The summed E-state index contributed by atoms with van der Waals surface area (Å²) in [6.07, 6.45) is 8.93. The molecule has 0 unspecified atom stereocenters. The molecule has 1 saturated carbocycles.